The Kier molecular flexibility index (Phi) is 6.43. The van der Waals surface area contributed by atoms with Crippen LogP contribution in [0.2, 0.25) is 0 Å². The predicted molar refractivity (Wildman–Crippen MR) is 126 cm³/mol. The summed E-state index contributed by atoms with van der Waals surface area (Å²) in [6.07, 6.45) is 2.58. The summed E-state index contributed by atoms with van der Waals surface area (Å²) < 4.78 is 29.8. The zero-order chi connectivity index (χ0) is 23.7. The van der Waals surface area contributed by atoms with E-state index in [1.165, 1.54) is 11.8 Å². The Morgan fingerprint density at radius 1 is 1.12 bits per heavy atom. The third-order valence-electron chi connectivity index (χ3n) is 4.89. The molecule has 1 amide bonds. The van der Waals surface area contributed by atoms with Crippen LogP contribution in [0.25, 0.3) is 16.0 Å². The highest BCUT2D eigenvalue weighted by molar-refractivity contribution is 8.00. The number of hydrogen-bond acceptors (Lipinski definition) is 6. The molecule has 0 atom stereocenters. The molecule has 0 saturated heterocycles. The number of nitrogens with one attached hydrogen (secondary N) is 1. The van der Waals surface area contributed by atoms with E-state index in [0.717, 1.165) is 44.6 Å². The minimum absolute atomic E-state index is 0.0846. The molecule has 0 saturated carbocycles. The fraction of sp³-hybridized carbons (Fsp3) is 0.182. The van der Waals surface area contributed by atoms with Crippen LogP contribution < -0.4 is 16.6 Å². The maximum absolute atomic E-state index is 13.5. The summed E-state index contributed by atoms with van der Waals surface area (Å²) in [6, 6.07) is 9.59. The zero-order valence-electron chi connectivity index (χ0n) is 17.6. The van der Waals surface area contributed by atoms with E-state index in [0.29, 0.717) is 16.1 Å². The van der Waals surface area contributed by atoms with Crippen molar-refractivity contribution in [3.63, 3.8) is 0 Å². The lowest BCUT2D eigenvalue weighted by molar-refractivity contribution is -0.116. The van der Waals surface area contributed by atoms with Crippen LogP contribution in [0.4, 0.5) is 14.5 Å². The molecule has 4 rings (SSSR count). The van der Waals surface area contributed by atoms with Gasteiger partial charge in [-0.1, -0.05) is 30.8 Å². The number of rotatable bonds is 6. The van der Waals surface area contributed by atoms with Gasteiger partial charge < -0.3 is 5.32 Å². The first-order valence-electron chi connectivity index (χ1n) is 9.86. The maximum Gasteiger partial charge on any atom is 0.337 e. The topological polar surface area (TPSA) is 86.0 Å². The molecule has 0 bridgehead atoms. The molecular formula is C22H18F2N4O3S2. The monoisotopic (exact) mass is 488 g/mol. The number of carbonyl (C=O) groups is 1. The van der Waals surface area contributed by atoms with Gasteiger partial charge in [-0.05, 0) is 42.5 Å². The summed E-state index contributed by atoms with van der Waals surface area (Å²) >= 11 is 2.44. The van der Waals surface area contributed by atoms with Crippen LogP contribution in [0.5, 0.6) is 0 Å². The van der Waals surface area contributed by atoms with Crippen LogP contribution in [-0.4, -0.2) is 26.3 Å². The average Bonchev–Trinajstić information content (AvgIpc) is 3.21. The molecule has 0 unspecified atom stereocenters. The molecule has 2 heterocycles. The highest BCUT2D eigenvalue weighted by Crippen LogP contribution is 2.25. The first-order chi connectivity index (χ1) is 15.8. The maximum atomic E-state index is 13.5. The van der Waals surface area contributed by atoms with Crippen molar-refractivity contribution >= 4 is 45.0 Å². The number of fused-ring (bicyclic) bond motifs is 1. The van der Waals surface area contributed by atoms with Gasteiger partial charge in [0.25, 0.3) is 5.56 Å². The summed E-state index contributed by atoms with van der Waals surface area (Å²) in [5, 5.41) is 2.38. The van der Waals surface area contributed by atoms with Gasteiger partial charge in [0, 0.05) is 11.8 Å². The third-order valence-corrected chi connectivity index (χ3v) is 6.91. The summed E-state index contributed by atoms with van der Waals surface area (Å²) in [7, 11) is 0. The SMILES string of the molecule is CCc1ccc(-n2c(=O)c3sc(SC)nc3n(CC(=O)Nc3cc(F)cc(F)c3)c2=O)cc1. The summed E-state index contributed by atoms with van der Waals surface area (Å²) in [4.78, 5) is 43.5. The van der Waals surface area contributed by atoms with E-state index in [9.17, 15) is 23.2 Å². The van der Waals surface area contributed by atoms with E-state index < -0.39 is 35.3 Å². The number of thiazole rings is 1. The Bertz CT molecular complexity index is 1460. The molecule has 0 aliphatic rings. The highest BCUT2D eigenvalue weighted by atomic mass is 32.2. The lowest BCUT2D eigenvalue weighted by Gasteiger charge is -2.12. The Balaban J connectivity index is 1.82. The van der Waals surface area contributed by atoms with Crippen molar-refractivity contribution in [1.82, 2.24) is 14.1 Å². The summed E-state index contributed by atoms with van der Waals surface area (Å²) in [5.41, 5.74) is 0.132. The van der Waals surface area contributed by atoms with Crippen molar-refractivity contribution in [3.05, 3.63) is 80.5 Å². The molecule has 0 fully saturated rings. The summed E-state index contributed by atoms with van der Waals surface area (Å²) in [5.74, 6) is -2.40. The molecule has 11 heteroatoms. The smallest absolute Gasteiger partial charge is 0.324 e. The Morgan fingerprint density at radius 3 is 2.39 bits per heavy atom. The Morgan fingerprint density at radius 2 is 1.79 bits per heavy atom. The number of hydrogen-bond donors (Lipinski definition) is 1. The fourth-order valence-corrected chi connectivity index (χ4v) is 4.82. The predicted octanol–water partition coefficient (Wildman–Crippen LogP) is 3.81. The van der Waals surface area contributed by atoms with Gasteiger partial charge in [0.05, 0.1) is 5.69 Å². The minimum atomic E-state index is -0.849. The molecule has 1 N–H and O–H groups in total. The number of amides is 1. The Hall–Kier alpha value is -3.31. The van der Waals surface area contributed by atoms with Crippen molar-refractivity contribution < 1.29 is 13.6 Å². The summed E-state index contributed by atoms with van der Waals surface area (Å²) in [6.45, 7) is 1.49. The standard InChI is InChI=1S/C22H18F2N4O3S2/c1-3-12-4-6-16(7-5-12)28-20(30)18-19(26-21(32-2)33-18)27(22(28)31)11-17(29)25-15-9-13(23)8-14(24)10-15/h4-10H,3,11H2,1-2H3,(H,25,29). The number of aromatic nitrogens is 3. The molecule has 2 aromatic carbocycles. The molecule has 0 spiro atoms. The van der Waals surface area contributed by atoms with Gasteiger partial charge in [0.15, 0.2) is 9.99 Å². The van der Waals surface area contributed by atoms with Gasteiger partial charge in [-0.3, -0.25) is 14.2 Å². The first kappa shape index (κ1) is 22.9. The van der Waals surface area contributed by atoms with E-state index in [1.807, 2.05) is 19.1 Å². The molecule has 0 aliphatic heterocycles. The molecule has 0 aliphatic carbocycles. The number of halogens is 2. The second kappa shape index (κ2) is 9.28. The van der Waals surface area contributed by atoms with Gasteiger partial charge in [0.2, 0.25) is 5.91 Å². The second-order valence-corrected chi connectivity index (χ2v) is 9.12. The van der Waals surface area contributed by atoms with Crippen molar-refractivity contribution in [2.45, 2.75) is 24.2 Å². The lowest BCUT2D eigenvalue weighted by atomic mass is 10.1. The van der Waals surface area contributed by atoms with Crippen LogP contribution in [0.1, 0.15) is 12.5 Å². The van der Waals surface area contributed by atoms with E-state index in [2.05, 4.69) is 10.3 Å². The van der Waals surface area contributed by atoms with Gasteiger partial charge in [-0.25, -0.2) is 23.1 Å². The number of thioether (sulfide) groups is 1. The van der Waals surface area contributed by atoms with Crippen LogP contribution in [0.3, 0.4) is 0 Å². The molecule has 170 valence electrons. The van der Waals surface area contributed by atoms with E-state index in [1.54, 1.807) is 18.4 Å². The van der Waals surface area contributed by atoms with E-state index in [-0.39, 0.29) is 16.0 Å². The molecular weight excluding hydrogens is 470 g/mol. The minimum Gasteiger partial charge on any atom is -0.324 e. The van der Waals surface area contributed by atoms with Crippen LogP contribution in [-0.2, 0) is 17.8 Å². The molecule has 4 aromatic rings. The van der Waals surface area contributed by atoms with Crippen LogP contribution in [0, 0.1) is 11.6 Å². The third kappa shape index (κ3) is 4.60. The second-order valence-electron chi connectivity index (χ2n) is 7.07. The number of aryl methyl sites for hydroxylation is 1. The first-order valence-corrected chi connectivity index (χ1v) is 11.9. The van der Waals surface area contributed by atoms with E-state index >= 15 is 0 Å². The van der Waals surface area contributed by atoms with Crippen LogP contribution >= 0.6 is 23.1 Å². The fourth-order valence-electron chi connectivity index (χ4n) is 3.32. The zero-order valence-corrected chi connectivity index (χ0v) is 19.2. The van der Waals surface area contributed by atoms with Crippen molar-refractivity contribution in [2.75, 3.05) is 11.6 Å². The van der Waals surface area contributed by atoms with Gasteiger partial charge in [-0.2, -0.15) is 0 Å². The number of benzene rings is 2. The van der Waals surface area contributed by atoms with Crippen molar-refractivity contribution in [3.8, 4) is 5.69 Å². The van der Waals surface area contributed by atoms with Crippen LogP contribution in [0.15, 0.2) is 56.4 Å². The highest BCUT2D eigenvalue weighted by Gasteiger charge is 2.20. The number of anilines is 1. The Labute approximate surface area is 194 Å². The molecule has 2 aromatic heterocycles. The normalized spacial score (nSPS) is 11.2. The lowest BCUT2D eigenvalue weighted by Crippen LogP contribution is -2.40. The van der Waals surface area contributed by atoms with Crippen molar-refractivity contribution in [1.29, 1.82) is 0 Å². The number of nitrogens with zero attached hydrogens (tertiary/aromatic N) is 3. The van der Waals surface area contributed by atoms with Crippen molar-refractivity contribution in [2.24, 2.45) is 0 Å². The molecule has 33 heavy (non-hydrogen) atoms. The van der Waals surface area contributed by atoms with E-state index in [4.69, 9.17) is 0 Å². The van der Waals surface area contributed by atoms with Gasteiger partial charge in [-0.15, -0.1) is 11.3 Å². The quantitative estimate of drug-likeness (QED) is 0.417. The number of carbonyl (C=O) groups excluding carboxylic acids is 1. The molecule has 0 radical (unpaired) electrons. The largest absolute Gasteiger partial charge is 0.337 e. The average molecular weight is 489 g/mol. The van der Waals surface area contributed by atoms with Gasteiger partial charge in [0.1, 0.15) is 22.9 Å². The van der Waals surface area contributed by atoms with Gasteiger partial charge >= 0.3 is 5.69 Å². The molecule has 7 nitrogen and oxygen atoms in total.